The second kappa shape index (κ2) is 2.99. The smallest absolute Gasteiger partial charge is 0.0110 e. The van der Waals surface area contributed by atoms with Gasteiger partial charge in [0.05, 0.1) is 0 Å². The number of nitrogens with zero attached hydrogens (tertiary/aromatic N) is 1. The lowest BCUT2D eigenvalue weighted by atomic mass is 10.5. The van der Waals surface area contributed by atoms with Crippen molar-refractivity contribution in [3.63, 3.8) is 0 Å². The third-order valence-electron chi connectivity index (χ3n) is 1.08. The molecule has 0 aromatic carbocycles. The standard InChI is InChI=1S/C5H11N.H3N/c1-2-3-6-4-5-6;/h2-5H2,1H3;1H3. The molecule has 7 heavy (non-hydrogen) atoms. The SMILES string of the molecule is CCCN1CC1.N. The maximum Gasteiger partial charge on any atom is 0.0110 e. The molecular weight excluding hydrogens is 88.1 g/mol. The molecule has 1 rings (SSSR count). The fraction of sp³-hybridized carbons (Fsp3) is 1.00. The molecular formula is C5H14N2. The molecule has 0 saturated carbocycles. The molecule has 3 N–H and O–H groups in total. The maximum absolute atomic E-state index is 2.43. The summed E-state index contributed by atoms with van der Waals surface area (Å²) in [5, 5.41) is 0. The fourth-order valence-corrected chi connectivity index (χ4v) is 0.611. The molecule has 1 fully saturated rings. The Balaban J connectivity index is 0.000000360. The minimum absolute atomic E-state index is 0. The average molecular weight is 102 g/mol. The summed E-state index contributed by atoms with van der Waals surface area (Å²) >= 11 is 0. The van der Waals surface area contributed by atoms with Crippen molar-refractivity contribution in [2.75, 3.05) is 19.6 Å². The highest BCUT2D eigenvalue weighted by Gasteiger charge is 2.13. The molecule has 0 radical (unpaired) electrons. The Morgan fingerprint density at radius 2 is 2.00 bits per heavy atom. The minimum Gasteiger partial charge on any atom is -0.344 e. The second-order valence-corrected chi connectivity index (χ2v) is 1.84. The van der Waals surface area contributed by atoms with E-state index in [1.54, 1.807) is 0 Å². The van der Waals surface area contributed by atoms with Crippen molar-refractivity contribution in [1.82, 2.24) is 11.1 Å². The first-order chi connectivity index (χ1) is 2.93. The van der Waals surface area contributed by atoms with Crippen LogP contribution in [0.25, 0.3) is 0 Å². The van der Waals surface area contributed by atoms with Gasteiger partial charge in [0.1, 0.15) is 0 Å². The van der Waals surface area contributed by atoms with Crippen molar-refractivity contribution in [1.29, 1.82) is 0 Å². The highest BCUT2D eigenvalue weighted by Crippen LogP contribution is 2.01. The van der Waals surface area contributed by atoms with Gasteiger partial charge in [0, 0.05) is 13.1 Å². The van der Waals surface area contributed by atoms with Gasteiger partial charge in [-0.2, -0.15) is 0 Å². The summed E-state index contributed by atoms with van der Waals surface area (Å²) in [5.74, 6) is 0. The van der Waals surface area contributed by atoms with Crippen LogP contribution < -0.4 is 6.15 Å². The van der Waals surface area contributed by atoms with Crippen LogP contribution in [-0.4, -0.2) is 24.5 Å². The van der Waals surface area contributed by atoms with Gasteiger partial charge in [-0.3, -0.25) is 0 Å². The van der Waals surface area contributed by atoms with Crippen molar-refractivity contribution in [2.24, 2.45) is 0 Å². The van der Waals surface area contributed by atoms with Gasteiger partial charge in [-0.15, -0.1) is 0 Å². The molecule has 1 aliphatic rings. The molecule has 0 bridgehead atoms. The van der Waals surface area contributed by atoms with Crippen LogP contribution in [0.5, 0.6) is 0 Å². The Kier molecular flexibility index (Phi) is 2.96. The Labute approximate surface area is 45.1 Å². The first-order valence-electron chi connectivity index (χ1n) is 2.66. The maximum atomic E-state index is 2.43. The monoisotopic (exact) mass is 102 g/mol. The van der Waals surface area contributed by atoms with Gasteiger partial charge in [0.2, 0.25) is 0 Å². The van der Waals surface area contributed by atoms with Gasteiger partial charge in [-0.1, -0.05) is 6.92 Å². The molecule has 0 unspecified atom stereocenters. The average Bonchev–Trinajstić information content (AvgIpc) is 2.21. The zero-order valence-electron chi connectivity index (χ0n) is 4.98. The van der Waals surface area contributed by atoms with E-state index in [1.807, 2.05) is 0 Å². The van der Waals surface area contributed by atoms with Crippen molar-refractivity contribution in [3.8, 4) is 0 Å². The van der Waals surface area contributed by atoms with Crippen LogP contribution in [0.4, 0.5) is 0 Å². The van der Waals surface area contributed by atoms with Crippen LogP contribution in [-0.2, 0) is 0 Å². The topological polar surface area (TPSA) is 38.0 Å². The molecule has 0 aromatic rings. The third kappa shape index (κ3) is 2.60. The Morgan fingerprint density at radius 1 is 1.43 bits per heavy atom. The summed E-state index contributed by atoms with van der Waals surface area (Å²) in [6.07, 6.45) is 1.32. The summed E-state index contributed by atoms with van der Waals surface area (Å²) < 4.78 is 0. The number of rotatable bonds is 2. The van der Waals surface area contributed by atoms with Gasteiger partial charge in [-0.25, -0.2) is 0 Å². The summed E-state index contributed by atoms with van der Waals surface area (Å²) in [6.45, 7) is 6.25. The van der Waals surface area contributed by atoms with Gasteiger partial charge in [0.15, 0.2) is 0 Å². The van der Waals surface area contributed by atoms with Crippen LogP contribution in [0, 0.1) is 0 Å². The van der Waals surface area contributed by atoms with Crippen molar-refractivity contribution < 1.29 is 0 Å². The Bertz CT molecular complexity index is 41.3. The van der Waals surface area contributed by atoms with Crippen molar-refractivity contribution >= 4 is 0 Å². The van der Waals surface area contributed by atoms with E-state index in [0.717, 1.165) is 0 Å². The van der Waals surface area contributed by atoms with E-state index in [4.69, 9.17) is 0 Å². The highest BCUT2D eigenvalue weighted by molar-refractivity contribution is 4.70. The summed E-state index contributed by atoms with van der Waals surface area (Å²) in [4.78, 5) is 2.43. The molecule has 1 aliphatic heterocycles. The second-order valence-electron chi connectivity index (χ2n) is 1.84. The molecule has 44 valence electrons. The highest BCUT2D eigenvalue weighted by atomic mass is 15.2. The number of hydrogen-bond donors (Lipinski definition) is 1. The van der Waals surface area contributed by atoms with E-state index in [-0.39, 0.29) is 6.15 Å². The molecule has 0 amide bonds. The molecule has 0 aromatic heterocycles. The van der Waals surface area contributed by atoms with Crippen LogP contribution in [0.1, 0.15) is 13.3 Å². The van der Waals surface area contributed by atoms with Crippen LogP contribution in [0.2, 0.25) is 0 Å². The van der Waals surface area contributed by atoms with E-state index in [1.165, 1.54) is 26.1 Å². The van der Waals surface area contributed by atoms with Crippen molar-refractivity contribution in [3.05, 3.63) is 0 Å². The summed E-state index contributed by atoms with van der Waals surface area (Å²) in [5.41, 5.74) is 0. The lowest BCUT2D eigenvalue weighted by Gasteiger charge is -1.89. The van der Waals surface area contributed by atoms with Gasteiger partial charge < -0.3 is 11.1 Å². The normalized spacial score (nSPS) is 18.4. The fourth-order valence-electron chi connectivity index (χ4n) is 0.611. The number of hydrogen-bond acceptors (Lipinski definition) is 2. The Hall–Kier alpha value is -0.0800. The molecule has 0 aliphatic carbocycles. The van der Waals surface area contributed by atoms with E-state index in [9.17, 15) is 0 Å². The minimum atomic E-state index is 0. The van der Waals surface area contributed by atoms with E-state index < -0.39 is 0 Å². The first kappa shape index (κ1) is 6.92. The lowest BCUT2D eigenvalue weighted by molar-refractivity contribution is 0.552. The molecule has 2 nitrogen and oxygen atoms in total. The molecule has 0 spiro atoms. The van der Waals surface area contributed by atoms with Gasteiger partial charge in [0.25, 0.3) is 0 Å². The lowest BCUT2D eigenvalue weighted by Crippen LogP contribution is -1.94. The van der Waals surface area contributed by atoms with Crippen LogP contribution in [0.3, 0.4) is 0 Å². The molecule has 1 heterocycles. The van der Waals surface area contributed by atoms with Crippen molar-refractivity contribution in [2.45, 2.75) is 13.3 Å². The zero-order valence-corrected chi connectivity index (χ0v) is 4.98. The largest absolute Gasteiger partial charge is 0.344 e. The zero-order chi connectivity index (χ0) is 4.41. The van der Waals surface area contributed by atoms with Crippen LogP contribution in [0.15, 0.2) is 0 Å². The van der Waals surface area contributed by atoms with E-state index in [2.05, 4.69) is 11.8 Å². The predicted octanol–water partition coefficient (Wildman–Crippen LogP) is 0.874. The summed E-state index contributed by atoms with van der Waals surface area (Å²) in [6, 6.07) is 0. The predicted molar refractivity (Wildman–Crippen MR) is 31.8 cm³/mol. The van der Waals surface area contributed by atoms with Crippen LogP contribution >= 0.6 is 0 Å². The Morgan fingerprint density at radius 3 is 2.14 bits per heavy atom. The molecule has 1 saturated heterocycles. The van der Waals surface area contributed by atoms with Gasteiger partial charge in [-0.05, 0) is 13.0 Å². The third-order valence-corrected chi connectivity index (χ3v) is 1.08. The van der Waals surface area contributed by atoms with Gasteiger partial charge >= 0.3 is 0 Å². The summed E-state index contributed by atoms with van der Waals surface area (Å²) in [7, 11) is 0. The molecule has 0 atom stereocenters. The van der Waals surface area contributed by atoms with E-state index >= 15 is 0 Å². The first-order valence-corrected chi connectivity index (χ1v) is 2.66. The molecule has 2 heteroatoms. The quantitative estimate of drug-likeness (QED) is 0.525. The van der Waals surface area contributed by atoms with E-state index in [0.29, 0.717) is 0 Å².